The zero-order valence-corrected chi connectivity index (χ0v) is 9.70. The molecule has 2 N–H and O–H groups in total. The van der Waals surface area contributed by atoms with Crippen LogP contribution in [0.2, 0.25) is 0 Å². The number of carbonyl (C=O) groups is 1. The number of methoxy groups -OCH3 is 1. The van der Waals surface area contributed by atoms with Crippen LogP contribution in [0.3, 0.4) is 0 Å². The van der Waals surface area contributed by atoms with Crippen LogP contribution in [-0.2, 0) is 6.54 Å². The minimum absolute atomic E-state index is 0.0117. The summed E-state index contributed by atoms with van der Waals surface area (Å²) >= 11 is 0. The molecule has 0 aliphatic rings. The van der Waals surface area contributed by atoms with Gasteiger partial charge in [-0.25, -0.2) is 9.48 Å². The van der Waals surface area contributed by atoms with E-state index >= 15 is 0 Å². The van der Waals surface area contributed by atoms with E-state index < -0.39 is 5.97 Å². The van der Waals surface area contributed by atoms with Gasteiger partial charge < -0.3 is 14.9 Å². The first kappa shape index (κ1) is 12.0. The predicted octanol–water partition coefficient (Wildman–Crippen LogP) is 1.34. The minimum atomic E-state index is -1.09. The first-order valence-electron chi connectivity index (χ1n) is 5.23. The van der Waals surface area contributed by atoms with E-state index in [0.29, 0.717) is 6.54 Å². The van der Waals surface area contributed by atoms with E-state index in [-0.39, 0.29) is 17.2 Å². The lowest BCUT2D eigenvalue weighted by molar-refractivity contribution is 0.0693. The maximum absolute atomic E-state index is 10.9. The average molecular weight is 248 g/mol. The summed E-state index contributed by atoms with van der Waals surface area (Å²) in [6.07, 6.45) is 1.24. The van der Waals surface area contributed by atoms with Crippen LogP contribution in [0.15, 0.2) is 30.5 Å². The summed E-state index contributed by atoms with van der Waals surface area (Å²) in [7, 11) is 1.39. The van der Waals surface area contributed by atoms with Gasteiger partial charge in [-0.05, 0) is 17.7 Å². The van der Waals surface area contributed by atoms with Crippen LogP contribution in [-0.4, -0.2) is 33.1 Å². The molecule has 1 heterocycles. The Bertz CT molecular complexity index is 577. The van der Waals surface area contributed by atoms with Gasteiger partial charge in [0.25, 0.3) is 0 Å². The van der Waals surface area contributed by atoms with Crippen LogP contribution in [0.25, 0.3) is 0 Å². The van der Waals surface area contributed by atoms with Crippen molar-refractivity contribution < 1.29 is 19.7 Å². The van der Waals surface area contributed by atoms with Crippen LogP contribution in [0.1, 0.15) is 15.9 Å². The average Bonchev–Trinajstić information content (AvgIpc) is 2.72. The fraction of sp³-hybridized carbons (Fsp3) is 0.167. The smallest absolute Gasteiger partial charge is 0.342 e. The number of carboxylic acid groups (broad SMARTS) is 1. The quantitative estimate of drug-likeness (QED) is 0.853. The standard InChI is InChI=1S/C12H12N2O4/c1-18-11-10(12(16)17)6-13-14(11)7-8-3-2-4-9(15)5-8/h2-6,15H,7H2,1H3,(H,16,17). The van der Waals surface area contributed by atoms with E-state index in [1.54, 1.807) is 24.3 Å². The largest absolute Gasteiger partial charge is 0.508 e. The molecular weight excluding hydrogens is 236 g/mol. The van der Waals surface area contributed by atoms with E-state index in [2.05, 4.69) is 5.10 Å². The molecule has 1 aromatic carbocycles. The summed E-state index contributed by atoms with van der Waals surface area (Å²) in [5, 5.41) is 22.3. The summed E-state index contributed by atoms with van der Waals surface area (Å²) in [6.45, 7) is 0.324. The molecule has 0 saturated heterocycles. The number of aromatic nitrogens is 2. The molecule has 0 aliphatic heterocycles. The van der Waals surface area contributed by atoms with Gasteiger partial charge in [0.1, 0.15) is 11.3 Å². The fourth-order valence-corrected chi connectivity index (χ4v) is 1.68. The SMILES string of the molecule is COc1c(C(=O)O)cnn1Cc1cccc(O)c1. The maximum atomic E-state index is 10.9. The van der Waals surface area contributed by atoms with Crippen molar-refractivity contribution in [2.75, 3.05) is 7.11 Å². The van der Waals surface area contributed by atoms with Gasteiger partial charge in [0.15, 0.2) is 0 Å². The zero-order valence-electron chi connectivity index (χ0n) is 9.70. The molecule has 0 unspecified atom stereocenters. The van der Waals surface area contributed by atoms with Crippen molar-refractivity contribution in [1.82, 2.24) is 9.78 Å². The van der Waals surface area contributed by atoms with Crippen molar-refractivity contribution >= 4 is 5.97 Å². The lowest BCUT2D eigenvalue weighted by atomic mass is 10.2. The van der Waals surface area contributed by atoms with Crippen LogP contribution in [0.5, 0.6) is 11.6 Å². The van der Waals surface area contributed by atoms with Crippen molar-refractivity contribution in [1.29, 1.82) is 0 Å². The molecule has 0 radical (unpaired) electrons. The highest BCUT2D eigenvalue weighted by Crippen LogP contribution is 2.20. The third kappa shape index (κ3) is 2.27. The van der Waals surface area contributed by atoms with Crippen LogP contribution >= 0.6 is 0 Å². The van der Waals surface area contributed by atoms with E-state index in [1.807, 2.05) is 0 Å². The van der Waals surface area contributed by atoms with Crippen molar-refractivity contribution in [2.24, 2.45) is 0 Å². The molecule has 0 saturated carbocycles. The lowest BCUT2D eigenvalue weighted by Crippen LogP contribution is -2.06. The number of phenolic OH excluding ortho intramolecular Hbond substituents is 1. The molecule has 6 nitrogen and oxygen atoms in total. The summed E-state index contributed by atoms with van der Waals surface area (Å²) in [5.41, 5.74) is 0.811. The van der Waals surface area contributed by atoms with Crippen molar-refractivity contribution in [2.45, 2.75) is 6.54 Å². The highest BCUT2D eigenvalue weighted by Gasteiger charge is 2.17. The predicted molar refractivity (Wildman–Crippen MR) is 62.9 cm³/mol. The highest BCUT2D eigenvalue weighted by atomic mass is 16.5. The van der Waals surface area contributed by atoms with E-state index in [4.69, 9.17) is 9.84 Å². The fourth-order valence-electron chi connectivity index (χ4n) is 1.68. The van der Waals surface area contributed by atoms with Crippen molar-refractivity contribution in [3.63, 3.8) is 0 Å². The number of hydrogen-bond acceptors (Lipinski definition) is 4. The Morgan fingerprint density at radius 1 is 1.50 bits per heavy atom. The number of rotatable bonds is 4. The first-order chi connectivity index (χ1) is 8.61. The molecule has 6 heteroatoms. The molecule has 94 valence electrons. The molecule has 0 fully saturated rings. The van der Waals surface area contributed by atoms with Gasteiger partial charge in [-0.2, -0.15) is 5.10 Å². The van der Waals surface area contributed by atoms with E-state index in [9.17, 15) is 9.90 Å². The summed E-state index contributed by atoms with van der Waals surface area (Å²) in [6, 6.07) is 6.66. The Morgan fingerprint density at radius 3 is 2.89 bits per heavy atom. The number of benzene rings is 1. The highest BCUT2D eigenvalue weighted by molar-refractivity contribution is 5.89. The normalized spacial score (nSPS) is 10.3. The third-order valence-corrected chi connectivity index (χ3v) is 2.46. The molecule has 2 rings (SSSR count). The van der Waals surface area contributed by atoms with Gasteiger partial charge in [-0.3, -0.25) is 0 Å². The van der Waals surface area contributed by atoms with Crippen molar-refractivity contribution in [3.8, 4) is 11.6 Å². The Morgan fingerprint density at radius 2 is 2.28 bits per heavy atom. The number of hydrogen-bond donors (Lipinski definition) is 2. The Labute approximate surface area is 103 Å². The number of nitrogens with zero attached hydrogens (tertiary/aromatic N) is 2. The molecule has 0 bridgehead atoms. The molecule has 0 atom stereocenters. The van der Waals surface area contributed by atoms with Gasteiger partial charge in [-0.1, -0.05) is 12.1 Å². The second-order valence-corrected chi connectivity index (χ2v) is 3.70. The molecular formula is C12H12N2O4. The lowest BCUT2D eigenvalue weighted by Gasteiger charge is -2.07. The van der Waals surface area contributed by atoms with Gasteiger partial charge in [0.05, 0.1) is 19.9 Å². The topological polar surface area (TPSA) is 84.6 Å². The number of aromatic hydroxyl groups is 1. The molecule has 2 aromatic rings. The first-order valence-corrected chi connectivity index (χ1v) is 5.23. The Hall–Kier alpha value is -2.50. The number of ether oxygens (including phenoxy) is 1. The minimum Gasteiger partial charge on any atom is -0.508 e. The molecule has 0 amide bonds. The summed E-state index contributed by atoms with van der Waals surface area (Å²) in [4.78, 5) is 10.9. The summed E-state index contributed by atoms with van der Waals surface area (Å²) < 4.78 is 6.47. The third-order valence-electron chi connectivity index (χ3n) is 2.46. The molecule has 0 spiro atoms. The number of carboxylic acids is 1. The molecule has 0 aliphatic carbocycles. The Kier molecular flexibility index (Phi) is 3.18. The molecule has 1 aromatic heterocycles. The zero-order chi connectivity index (χ0) is 13.1. The van der Waals surface area contributed by atoms with Gasteiger partial charge in [0, 0.05) is 0 Å². The van der Waals surface area contributed by atoms with Gasteiger partial charge in [0.2, 0.25) is 5.88 Å². The van der Waals surface area contributed by atoms with E-state index in [1.165, 1.54) is 18.0 Å². The van der Waals surface area contributed by atoms with Gasteiger partial charge >= 0.3 is 5.97 Å². The van der Waals surface area contributed by atoms with E-state index in [0.717, 1.165) is 5.56 Å². The second-order valence-electron chi connectivity index (χ2n) is 3.70. The molecule has 18 heavy (non-hydrogen) atoms. The van der Waals surface area contributed by atoms with Crippen LogP contribution < -0.4 is 4.74 Å². The monoisotopic (exact) mass is 248 g/mol. The second kappa shape index (κ2) is 4.79. The van der Waals surface area contributed by atoms with Crippen molar-refractivity contribution in [3.05, 3.63) is 41.6 Å². The van der Waals surface area contributed by atoms with Gasteiger partial charge in [-0.15, -0.1) is 0 Å². The maximum Gasteiger partial charge on any atom is 0.342 e. The summed E-state index contributed by atoms with van der Waals surface area (Å²) in [5.74, 6) is -0.753. The van der Waals surface area contributed by atoms with Crippen LogP contribution in [0, 0.1) is 0 Å². The van der Waals surface area contributed by atoms with Crippen LogP contribution in [0.4, 0.5) is 0 Å². The Balaban J connectivity index is 2.32. The number of phenols is 1. The number of aromatic carboxylic acids is 1.